The van der Waals surface area contributed by atoms with E-state index in [9.17, 15) is 0 Å². The van der Waals surface area contributed by atoms with Crippen molar-refractivity contribution < 1.29 is 9.47 Å². The molecule has 0 aromatic heterocycles. The molecule has 1 aliphatic rings. The summed E-state index contributed by atoms with van der Waals surface area (Å²) in [5.74, 6) is 0.926. The van der Waals surface area contributed by atoms with Crippen molar-refractivity contribution in [2.45, 2.75) is 39.0 Å². The summed E-state index contributed by atoms with van der Waals surface area (Å²) in [5, 5.41) is 7.59. The monoisotopic (exact) mass is 291 g/mol. The first-order chi connectivity index (χ1) is 10.0. The van der Waals surface area contributed by atoms with Crippen molar-refractivity contribution in [1.29, 1.82) is 5.41 Å². The molecule has 2 unspecified atom stereocenters. The van der Waals surface area contributed by atoms with Gasteiger partial charge in [0.2, 0.25) is 0 Å². The van der Waals surface area contributed by atoms with Crippen molar-refractivity contribution in [3.8, 4) is 5.75 Å². The summed E-state index contributed by atoms with van der Waals surface area (Å²) < 4.78 is 11.2. The smallest absolute Gasteiger partial charge is 0.123 e. The summed E-state index contributed by atoms with van der Waals surface area (Å²) >= 11 is 0. The second-order valence-corrected chi connectivity index (χ2v) is 5.58. The van der Waals surface area contributed by atoms with Crippen molar-refractivity contribution >= 4 is 5.84 Å². The molecule has 5 heteroatoms. The van der Waals surface area contributed by atoms with Crippen molar-refractivity contribution in [2.24, 2.45) is 5.73 Å². The fourth-order valence-corrected chi connectivity index (χ4v) is 2.77. The van der Waals surface area contributed by atoms with Crippen molar-refractivity contribution in [2.75, 3.05) is 20.3 Å². The normalized spacial score (nSPS) is 23.0. The van der Waals surface area contributed by atoms with Crippen LogP contribution in [0.5, 0.6) is 5.75 Å². The van der Waals surface area contributed by atoms with Crippen LogP contribution in [0.1, 0.15) is 31.4 Å². The summed E-state index contributed by atoms with van der Waals surface area (Å²) in [6.07, 6.45) is 1.30. The van der Waals surface area contributed by atoms with Crippen LogP contribution in [0, 0.1) is 5.41 Å². The molecule has 5 nitrogen and oxygen atoms in total. The Labute approximate surface area is 126 Å². The first kappa shape index (κ1) is 15.8. The number of nitrogens with zero attached hydrogens (tertiary/aromatic N) is 1. The van der Waals surface area contributed by atoms with Gasteiger partial charge in [-0.2, -0.15) is 0 Å². The van der Waals surface area contributed by atoms with Gasteiger partial charge < -0.3 is 15.2 Å². The third-order valence-corrected chi connectivity index (χ3v) is 4.02. The molecule has 1 aromatic rings. The zero-order valence-electron chi connectivity index (χ0n) is 13.1. The van der Waals surface area contributed by atoms with Crippen LogP contribution in [-0.4, -0.2) is 43.1 Å². The lowest BCUT2D eigenvalue weighted by atomic mass is 10.1. The Bertz CT molecular complexity index is 504. The van der Waals surface area contributed by atoms with Crippen LogP contribution < -0.4 is 10.5 Å². The maximum Gasteiger partial charge on any atom is 0.123 e. The first-order valence-electron chi connectivity index (χ1n) is 7.42. The SMILES string of the molecule is CCC1COC(C)CN1Cc1cc(C(=N)N)ccc1OC. The van der Waals surface area contributed by atoms with Crippen LogP contribution in [0.25, 0.3) is 0 Å². The summed E-state index contributed by atoms with van der Waals surface area (Å²) in [5.41, 5.74) is 7.40. The molecule has 0 amide bonds. The summed E-state index contributed by atoms with van der Waals surface area (Å²) in [6, 6.07) is 6.08. The molecule has 1 fully saturated rings. The minimum atomic E-state index is 0.0845. The van der Waals surface area contributed by atoms with E-state index in [1.165, 1.54) is 0 Å². The Morgan fingerprint density at radius 2 is 2.29 bits per heavy atom. The Kier molecular flexibility index (Phi) is 5.20. The summed E-state index contributed by atoms with van der Waals surface area (Å²) in [6.45, 7) is 6.75. The van der Waals surface area contributed by atoms with Gasteiger partial charge in [-0.15, -0.1) is 0 Å². The molecule has 0 spiro atoms. The minimum Gasteiger partial charge on any atom is -0.496 e. The number of hydrogen-bond acceptors (Lipinski definition) is 4. The van der Waals surface area contributed by atoms with Gasteiger partial charge in [0.15, 0.2) is 0 Å². The highest BCUT2D eigenvalue weighted by Crippen LogP contribution is 2.25. The van der Waals surface area contributed by atoms with E-state index in [1.54, 1.807) is 7.11 Å². The van der Waals surface area contributed by atoms with E-state index in [0.29, 0.717) is 6.04 Å². The Morgan fingerprint density at radius 3 is 2.90 bits per heavy atom. The number of ether oxygens (including phenoxy) is 2. The van der Waals surface area contributed by atoms with Crippen LogP contribution in [0.2, 0.25) is 0 Å². The predicted molar refractivity (Wildman–Crippen MR) is 83.9 cm³/mol. The molecule has 116 valence electrons. The summed E-state index contributed by atoms with van der Waals surface area (Å²) in [4.78, 5) is 2.43. The van der Waals surface area contributed by atoms with Crippen LogP contribution in [0.15, 0.2) is 18.2 Å². The van der Waals surface area contributed by atoms with E-state index < -0.39 is 0 Å². The van der Waals surface area contributed by atoms with E-state index in [4.69, 9.17) is 20.6 Å². The number of nitrogens with one attached hydrogen (secondary N) is 1. The molecule has 0 aliphatic carbocycles. The average molecular weight is 291 g/mol. The quantitative estimate of drug-likeness (QED) is 0.643. The average Bonchev–Trinajstić information content (AvgIpc) is 2.47. The maximum atomic E-state index is 7.59. The topological polar surface area (TPSA) is 71.6 Å². The van der Waals surface area contributed by atoms with Gasteiger partial charge >= 0.3 is 0 Å². The maximum absolute atomic E-state index is 7.59. The highest BCUT2D eigenvalue weighted by Gasteiger charge is 2.26. The van der Waals surface area contributed by atoms with Gasteiger partial charge in [-0.25, -0.2) is 0 Å². The van der Waals surface area contributed by atoms with E-state index in [2.05, 4.69) is 18.7 Å². The second kappa shape index (κ2) is 6.91. The van der Waals surface area contributed by atoms with E-state index in [-0.39, 0.29) is 11.9 Å². The van der Waals surface area contributed by atoms with E-state index in [1.807, 2.05) is 18.2 Å². The van der Waals surface area contributed by atoms with Gasteiger partial charge in [0.1, 0.15) is 11.6 Å². The molecule has 2 atom stereocenters. The van der Waals surface area contributed by atoms with Gasteiger partial charge in [0.05, 0.1) is 19.8 Å². The molecular formula is C16H25N3O2. The fourth-order valence-electron chi connectivity index (χ4n) is 2.77. The van der Waals surface area contributed by atoms with Crippen molar-refractivity contribution in [3.05, 3.63) is 29.3 Å². The fraction of sp³-hybridized carbons (Fsp3) is 0.562. The lowest BCUT2D eigenvalue weighted by Gasteiger charge is -2.38. The molecule has 3 N–H and O–H groups in total. The molecule has 0 saturated carbocycles. The van der Waals surface area contributed by atoms with Crippen LogP contribution in [-0.2, 0) is 11.3 Å². The lowest BCUT2D eigenvalue weighted by Crippen LogP contribution is -2.47. The summed E-state index contributed by atoms with van der Waals surface area (Å²) in [7, 11) is 1.67. The molecule has 0 bridgehead atoms. The van der Waals surface area contributed by atoms with Gasteiger partial charge in [0.25, 0.3) is 0 Å². The third kappa shape index (κ3) is 3.74. The second-order valence-electron chi connectivity index (χ2n) is 5.58. The predicted octanol–water partition coefficient (Wildman–Crippen LogP) is 1.98. The molecule has 21 heavy (non-hydrogen) atoms. The van der Waals surface area contributed by atoms with E-state index >= 15 is 0 Å². The molecule has 1 aromatic carbocycles. The number of hydrogen-bond donors (Lipinski definition) is 2. The Hall–Kier alpha value is -1.59. The van der Waals surface area contributed by atoms with Crippen LogP contribution >= 0.6 is 0 Å². The highest BCUT2D eigenvalue weighted by molar-refractivity contribution is 5.95. The molecule has 2 rings (SSSR count). The highest BCUT2D eigenvalue weighted by atomic mass is 16.5. The number of methoxy groups -OCH3 is 1. The lowest BCUT2D eigenvalue weighted by molar-refractivity contribution is -0.0593. The number of morpholine rings is 1. The zero-order valence-corrected chi connectivity index (χ0v) is 13.1. The molecule has 1 saturated heterocycles. The number of rotatable bonds is 5. The Balaban J connectivity index is 2.23. The van der Waals surface area contributed by atoms with Gasteiger partial charge in [-0.3, -0.25) is 10.3 Å². The molecule has 0 radical (unpaired) electrons. The van der Waals surface area contributed by atoms with Crippen LogP contribution in [0.4, 0.5) is 0 Å². The Morgan fingerprint density at radius 1 is 1.52 bits per heavy atom. The van der Waals surface area contributed by atoms with Crippen molar-refractivity contribution in [1.82, 2.24) is 4.90 Å². The zero-order chi connectivity index (χ0) is 15.4. The largest absolute Gasteiger partial charge is 0.496 e. The van der Waals surface area contributed by atoms with Crippen LogP contribution in [0.3, 0.4) is 0 Å². The standard InChI is InChI=1S/C16H25N3O2/c1-4-14-10-21-11(2)8-19(14)9-13-7-12(16(17)18)5-6-15(13)20-3/h5-7,11,14H,4,8-10H2,1-3H3,(H3,17,18). The number of nitrogens with two attached hydrogens (primary N) is 1. The van der Waals surface area contributed by atoms with Crippen molar-refractivity contribution in [3.63, 3.8) is 0 Å². The van der Waals surface area contributed by atoms with Gasteiger partial charge in [-0.05, 0) is 31.5 Å². The van der Waals surface area contributed by atoms with E-state index in [0.717, 1.165) is 43.0 Å². The number of amidine groups is 1. The third-order valence-electron chi connectivity index (χ3n) is 4.02. The minimum absolute atomic E-state index is 0.0845. The van der Waals surface area contributed by atoms with Gasteiger partial charge in [-0.1, -0.05) is 6.92 Å². The number of nitrogen functional groups attached to an aromatic ring is 1. The molecular weight excluding hydrogens is 266 g/mol. The number of benzene rings is 1. The first-order valence-corrected chi connectivity index (χ1v) is 7.42. The van der Waals surface area contributed by atoms with Gasteiger partial charge in [0, 0.05) is 30.3 Å². The molecule has 1 heterocycles. The molecule has 1 aliphatic heterocycles.